The average molecular weight is 274 g/mol. The lowest BCUT2D eigenvalue weighted by Gasteiger charge is -2.07. The Morgan fingerprint density at radius 1 is 1.16 bits per heavy atom. The molecule has 0 saturated heterocycles. The molecule has 100 valence electrons. The first kappa shape index (κ1) is 13.7. The van der Waals surface area contributed by atoms with Crippen LogP contribution in [-0.2, 0) is 0 Å². The second kappa shape index (κ2) is 5.93. The van der Waals surface area contributed by atoms with E-state index in [-0.39, 0.29) is 0 Å². The number of nitrogen functional groups attached to an aromatic ring is 1. The van der Waals surface area contributed by atoms with Crippen LogP contribution in [0.2, 0.25) is 0 Å². The van der Waals surface area contributed by atoms with Gasteiger partial charge in [-0.15, -0.1) is 0 Å². The molecule has 1 aromatic carbocycles. The number of hydrogen-bond acceptors (Lipinski definition) is 5. The first-order valence-corrected chi connectivity index (χ1v) is 7.03. The van der Waals surface area contributed by atoms with Crippen molar-refractivity contribution in [1.82, 2.24) is 9.97 Å². The van der Waals surface area contributed by atoms with Gasteiger partial charge in [-0.2, -0.15) is 4.98 Å². The van der Waals surface area contributed by atoms with Gasteiger partial charge in [-0.05, 0) is 44.0 Å². The zero-order valence-corrected chi connectivity index (χ0v) is 12.2. The fourth-order valence-electron chi connectivity index (χ4n) is 1.66. The van der Waals surface area contributed by atoms with Gasteiger partial charge in [-0.1, -0.05) is 17.8 Å². The molecule has 0 aliphatic heterocycles. The number of nitrogens with two attached hydrogens (primary N) is 1. The lowest BCUT2D eigenvalue weighted by Crippen LogP contribution is -2.03. The molecule has 2 rings (SSSR count). The summed E-state index contributed by atoms with van der Waals surface area (Å²) >= 11 is 1.59. The maximum absolute atomic E-state index is 5.72. The molecule has 19 heavy (non-hydrogen) atoms. The van der Waals surface area contributed by atoms with Gasteiger partial charge in [0.1, 0.15) is 10.8 Å². The lowest BCUT2D eigenvalue weighted by molar-refractivity contribution is 1.04. The molecule has 5 heteroatoms. The van der Waals surface area contributed by atoms with Gasteiger partial charge in [-0.25, -0.2) is 4.98 Å². The van der Waals surface area contributed by atoms with Crippen molar-refractivity contribution in [2.24, 2.45) is 0 Å². The largest absolute Gasteiger partial charge is 0.370 e. The molecule has 0 fully saturated rings. The molecule has 0 radical (unpaired) electrons. The van der Waals surface area contributed by atoms with Crippen LogP contribution in [0.4, 0.5) is 11.8 Å². The number of benzene rings is 1. The number of aryl methyl sites for hydroxylation is 2. The molecule has 1 aromatic heterocycles. The molecule has 2 aromatic rings. The highest BCUT2D eigenvalue weighted by atomic mass is 32.2. The van der Waals surface area contributed by atoms with Gasteiger partial charge in [0.2, 0.25) is 5.95 Å². The van der Waals surface area contributed by atoms with Gasteiger partial charge in [0.05, 0.1) is 0 Å². The monoisotopic (exact) mass is 274 g/mol. The zero-order valence-electron chi connectivity index (χ0n) is 11.4. The summed E-state index contributed by atoms with van der Waals surface area (Å²) in [5.41, 5.74) is 8.29. The number of nitrogens with one attached hydrogen (secondary N) is 1. The third-order valence-electron chi connectivity index (χ3n) is 2.78. The predicted octanol–water partition coefficient (Wildman–Crippen LogP) is 3.26. The number of rotatable bonds is 4. The van der Waals surface area contributed by atoms with Crippen molar-refractivity contribution in [3.05, 3.63) is 35.4 Å². The fraction of sp³-hybridized carbons (Fsp3) is 0.286. The van der Waals surface area contributed by atoms with Crippen LogP contribution in [0.5, 0.6) is 0 Å². The van der Waals surface area contributed by atoms with Crippen LogP contribution < -0.4 is 11.1 Å². The molecule has 3 N–H and O–H groups in total. The van der Waals surface area contributed by atoms with E-state index in [1.807, 2.05) is 13.0 Å². The summed E-state index contributed by atoms with van der Waals surface area (Å²) in [5, 5.41) is 4.00. The minimum atomic E-state index is 0.296. The van der Waals surface area contributed by atoms with Crippen molar-refractivity contribution >= 4 is 23.5 Å². The second-order valence-electron chi connectivity index (χ2n) is 4.33. The normalized spacial score (nSPS) is 10.5. The van der Waals surface area contributed by atoms with E-state index >= 15 is 0 Å². The number of nitrogens with zero attached hydrogens (tertiary/aromatic N) is 2. The number of hydrogen-bond donors (Lipinski definition) is 2. The van der Waals surface area contributed by atoms with Crippen molar-refractivity contribution in [3.63, 3.8) is 0 Å². The van der Waals surface area contributed by atoms with E-state index in [0.29, 0.717) is 5.95 Å². The summed E-state index contributed by atoms with van der Waals surface area (Å²) in [5.74, 6) is 1.06. The van der Waals surface area contributed by atoms with Gasteiger partial charge in [-0.3, -0.25) is 0 Å². The molecule has 0 spiro atoms. The Morgan fingerprint density at radius 2 is 1.95 bits per heavy atom. The maximum atomic E-state index is 5.72. The van der Waals surface area contributed by atoms with Crippen LogP contribution >= 0.6 is 11.8 Å². The summed E-state index contributed by atoms with van der Waals surface area (Å²) in [6, 6.07) is 8.29. The summed E-state index contributed by atoms with van der Waals surface area (Å²) in [6.45, 7) is 7.05. The summed E-state index contributed by atoms with van der Waals surface area (Å²) in [6.07, 6.45) is 0. The van der Waals surface area contributed by atoms with E-state index in [2.05, 4.69) is 47.3 Å². The lowest BCUT2D eigenvalue weighted by atomic mass is 10.1. The molecule has 0 bridgehead atoms. The van der Waals surface area contributed by atoms with E-state index in [1.54, 1.807) is 11.8 Å². The predicted molar refractivity (Wildman–Crippen MR) is 80.6 cm³/mol. The molecule has 0 unspecified atom stereocenters. The van der Waals surface area contributed by atoms with Gasteiger partial charge in [0.15, 0.2) is 0 Å². The standard InChI is InChI=1S/C14H18N4S/c1-4-16-12-8-13(18-14(15)17-12)19-11-6-5-9(2)10(3)7-11/h5-8H,4H2,1-3H3,(H3,15,16,17,18). The Labute approximate surface area is 117 Å². The van der Waals surface area contributed by atoms with Crippen LogP contribution in [0.25, 0.3) is 0 Å². The highest BCUT2D eigenvalue weighted by Crippen LogP contribution is 2.29. The third kappa shape index (κ3) is 3.61. The van der Waals surface area contributed by atoms with Crippen LogP contribution in [0, 0.1) is 13.8 Å². The van der Waals surface area contributed by atoms with E-state index in [1.165, 1.54) is 11.1 Å². The zero-order chi connectivity index (χ0) is 13.8. The third-order valence-corrected chi connectivity index (χ3v) is 3.69. The van der Waals surface area contributed by atoms with Crippen LogP contribution in [0.1, 0.15) is 18.1 Å². The van der Waals surface area contributed by atoms with E-state index in [4.69, 9.17) is 5.73 Å². The highest BCUT2D eigenvalue weighted by molar-refractivity contribution is 7.99. The molecule has 0 aliphatic carbocycles. The topological polar surface area (TPSA) is 63.8 Å². The summed E-state index contributed by atoms with van der Waals surface area (Å²) < 4.78 is 0. The Bertz CT molecular complexity index is 584. The van der Waals surface area contributed by atoms with Crippen molar-refractivity contribution in [2.45, 2.75) is 30.7 Å². The van der Waals surface area contributed by atoms with Crippen LogP contribution in [-0.4, -0.2) is 16.5 Å². The quantitative estimate of drug-likeness (QED) is 0.838. The molecule has 1 heterocycles. The Kier molecular flexibility index (Phi) is 4.27. The first-order valence-electron chi connectivity index (χ1n) is 6.22. The Hall–Kier alpha value is -1.75. The van der Waals surface area contributed by atoms with E-state index in [9.17, 15) is 0 Å². The Morgan fingerprint density at radius 3 is 2.63 bits per heavy atom. The van der Waals surface area contributed by atoms with E-state index in [0.717, 1.165) is 22.3 Å². The molecule has 0 amide bonds. The van der Waals surface area contributed by atoms with Gasteiger partial charge < -0.3 is 11.1 Å². The molecular weight excluding hydrogens is 256 g/mol. The molecule has 0 atom stereocenters. The van der Waals surface area contributed by atoms with Crippen molar-refractivity contribution in [3.8, 4) is 0 Å². The molecular formula is C14H18N4S. The number of aromatic nitrogens is 2. The first-order chi connectivity index (χ1) is 9.08. The molecule has 0 saturated carbocycles. The van der Waals surface area contributed by atoms with Crippen molar-refractivity contribution < 1.29 is 0 Å². The Balaban J connectivity index is 2.24. The molecule has 0 aliphatic rings. The SMILES string of the molecule is CCNc1cc(Sc2ccc(C)c(C)c2)nc(N)n1. The smallest absolute Gasteiger partial charge is 0.223 e. The fourth-order valence-corrected chi connectivity index (χ4v) is 2.59. The summed E-state index contributed by atoms with van der Waals surface area (Å²) in [4.78, 5) is 9.55. The van der Waals surface area contributed by atoms with E-state index < -0.39 is 0 Å². The second-order valence-corrected chi connectivity index (χ2v) is 5.42. The molecule has 4 nitrogen and oxygen atoms in total. The average Bonchev–Trinajstić information content (AvgIpc) is 2.33. The summed E-state index contributed by atoms with van der Waals surface area (Å²) in [7, 11) is 0. The minimum absolute atomic E-state index is 0.296. The number of anilines is 2. The van der Waals surface area contributed by atoms with Gasteiger partial charge >= 0.3 is 0 Å². The van der Waals surface area contributed by atoms with Crippen LogP contribution in [0.3, 0.4) is 0 Å². The van der Waals surface area contributed by atoms with Crippen molar-refractivity contribution in [1.29, 1.82) is 0 Å². The van der Waals surface area contributed by atoms with Gasteiger partial charge in [0, 0.05) is 17.5 Å². The van der Waals surface area contributed by atoms with Gasteiger partial charge in [0.25, 0.3) is 0 Å². The minimum Gasteiger partial charge on any atom is -0.370 e. The van der Waals surface area contributed by atoms with Crippen molar-refractivity contribution in [2.75, 3.05) is 17.6 Å². The van der Waals surface area contributed by atoms with Crippen LogP contribution in [0.15, 0.2) is 34.2 Å². The highest BCUT2D eigenvalue weighted by Gasteiger charge is 2.05. The maximum Gasteiger partial charge on any atom is 0.223 e.